The van der Waals surface area contributed by atoms with E-state index in [4.69, 9.17) is 21.4 Å². The molecule has 0 bridgehead atoms. The molecule has 1 aliphatic carbocycles. The SMILES string of the molecule is COc1cc(C2C3=CCn4c(=O)n(C)c(=O)n4C3CC3C(=O)N(c4cc(-c5sc6ccc(Cl)cc6c5C)nn4C)C(=O)C32C)ccc1O. The molecule has 246 valence electrons. The summed E-state index contributed by atoms with van der Waals surface area (Å²) in [7, 11) is 4.57. The molecule has 2 fully saturated rings. The number of aromatic nitrogens is 5. The monoisotopic (exact) mass is 686 g/mol. The Morgan fingerprint density at radius 3 is 2.58 bits per heavy atom. The van der Waals surface area contributed by atoms with Gasteiger partial charge in [0.2, 0.25) is 11.8 Å². The van der Waals surface area contributed by atoms with Crippen molar-refractivity contribution < 1.29 is 19.4 Å². The highest BCUT2D eigenvalue weighted by Gasteiger charge is 2.66. The highest BCUT2D eigenvalue weighted by Crippen LogP contribution is 2.61. The zero-order valence-corrected chi connectivity index (χ0v) is 28.3. The first-order valence-electron chi connectivity index (χ1n) is 15.4. The van der Waals surface area contributed by atoms with Gasteiger partial charge in [0.1, 0.15) is 11.5 Å². The topological polar surface area (TPSA) is 134 Å². The van der Waals surface area contributed by atoms with Gasteiger partial charge in [-0.25, -0.2) is 28.4 Å². The van der Waals surface area contributed by atoms with E-state index < -0.39 is 46.5 Å². The maximum absolute atomic E-state index is 14.9. The Morgan fingerprint density at radius 2 is 1.83 bits per heavy atom. The molecule has 5 heterocycles. The van der Waals surface area contributed by atoms with Crippen molar-refractivity contribution >= 4 is 50.7 Å². The number of hydrogen-bond donors (Lipinski definition) is 1. The zero-order chi connectivity index (χ0) is 34.0. The fraction of sp³-hybridized carbons (Fsp3) is 0.324. The molecule has 3 aliphatic rings. The summed E-state index contributed by atoms with van der Waals surface area (Å²) in [6.07, 6.45) is 2.02. The molecule has 4 atom stereocenters. The minimum atomic E-state index is -1.28. The maximum atomic E-state index is 14.9. The molecule has 3 aromatic heterocycles. The summed E-state index contributed by atoms with van der Waals surface area (Å²) < 4.78 is 11.9. The molecule has 2 aliphatic heterocycles. The number of allylic oxidation sites excluding steroid dienone is 2. The summed E-state index contributed by atoms with van der Waals surface area (Å²) in [5, 5.41) is 16.8. The molecule has 2 amide bonds. The van der Waals surface area contributed by atoms with Gasteiger partial charge in [0.15, 0.2) is 11.5 Å². The number of aryl methyl sites for hydroxylation is 2. The Hall–Kier alpha value is -4.88. The molecule has 1 saturated heterocycles. The largest absolute Gasteiger partial charge is 0.504 e. The lowest BCUT2D eigenvalue weighted by Gasteiger charge is -2.47. The number of aromatic hydroxyl groups is 1. The van der Waals surface area contributed by atoms with Crippen molar-refractivity contribution in [2.24, 2.45) is 25.4 Å². The first-order chi connectivity index (χ1) is 22.9. The standard InChI is InChI=1S/C34H31ClN6O6S/c1-16-20-13-18(35)7-9-26(20)48-29(16)22-15-27(38(4)36-22)40-30(43)21-14-23-19(10-11-39-32(45)37(3)33(46)41(23)39)28(34(21,2)31(40)44)17-6-8-24(42)25(12-17)47-5/h6-10,12-13,15,21,23,28,42H,11,14H2,1-5H3. The maximum Gasteiger partial charge on any atom is 0.347 e. The average molecular weight is 687 g/mol. The third-order valence-corrected chi connectivity index (χ3v) is 12.0. The van der Waals surface area contributed by atoms with E-state index in [1.54, 1.807) is 48.2 Å². The van der Waals surface area contributed by atoms with E-state index in [2.05, 4.69) is 0 Å². The molecule has 2 aromatic carbocycles. The number of phenolic OH excluding ortho intramolecular Hbond substituents is 1. The molecule has 48 heavy (non-hydrogen) atoms. The Balaban J connectivity index is 1.29. The highest BCUT2D eigenvalue weighted by atomic mass is 35.5. The molecule has 12 nitrogen and oxygen atoms in total. The number of methoxy groups -OCH3 is 1. The Bertz CT molecular complexity index is 2400. The van der Waals surface area contributed by atoms with Crippen LogP contribution in [0.3, 0.4) is 0 Å². The lowest BCUT2D eigenvalue weighted by Crippen LogP contribution is -2.49. The van der Waals surface area contributed by atoms with Crippen LogP contribution in [-0.4, -0.2) is 47.7 Å². The molecule has 14 heteroatoms. The smallest absolute Gasteiger partial charge is 0.347 e. The van der Waals surface area contributed by atoms with Gasteiger partial charge in [-0.15, -0.1) is 11.3 Å². The van der Waals surface area contributed by atoms with E-state index in [-0.39, 0.29) is 24.5 Å². The van der Waals surface area contributed by atoms with Crippen LogP contribution in [0, 0.1) is 18.3 Å². The number of imide groups is 1. The summed E-state index contributed by atoms with van der Waals surface area (Å²) in [6, 6.07) is 11.7. The predicted molar refractivity (Wildman–Crippen MR) is 181 cm³/mol. The van der Waals surface area contributed by atoms with Crippen molar-refractivity contribution in [2.45, 2.75) is 38.8 Å². The quantitative estimate of drug-likeness (QED) is 0.217. The number of carbonyl (C=O) groups is 2. The molecule has 1 saturated carbocycles. The van der Waals surface area contributed by atoms with E-state index >= 15 is 0 Å². The van der Waals surface area contributed by atoms with E-state index in [0.717, 1.165) is 30.7 Å². The van der Waals surface area contributed by atoms with Crippen LogP contribution in [-0.2, 0) is 30.2 Å². The number of nitrogens with zero attached hydrogens (tertiary/aromatic N) is 6. The lowest BCUT2D eigenvalue weighted by molar-refractivity contribution is -0.129. The third-order valence-electron chi connectivity index (χ3n) is 10.5. The van der Waals surface area contributed by atoms with Gasteiger partial charge >= 0.3 is 11.4 Å². The van der Waals surface area contributed by atoms with E-state index in [1.807, 2.05) is 31.2 Å². The van der Waals surface area contributed by atoms with E-state index in [0.29, 0.717) is 22.1 Å². The number of thiophene rings is 1. The second-order valence-corrected chi connectivity index (χ2v) is 14.4. The second kappa shape index (κ2) is 10.3. The van der Waals surface area contributed by atoms with Crippen molar-refractivity contribution in [1.82, 2.24) is 23.7 Å². The number of carbonyl (C=O) groups excluding carboxylic acids is 2. The van der Waals surface area contributed by atoms with Gasteiger partial charge in [-0.3, -0.25) is 14.3 Å². The fourth-order valence-electron chi connectivity index (χ4n) is 8.07. The number of phenols is 1. The van der Waals surface area contributed by atoms with Crippen LogP contribution in [0.25, 0.3) is 20.7 Å². The fourth-order valence-corrected chi connectivity index (χ4v) is 9.39. The van der Waals surface area contributed by atoms with Crippen LogP contribution < -0.4 is 21.0 Å². The van der Waals surface area contributed by atoms with E-state index in [9.17, 15) is 24.3 Å². The van der Waals surface area contributed by atoms with Crippen LogP contribution in [0.4, 0.5) is 5.82 Å². The number of benzene rings is 2. The second-order valence-electron chi connectivity index (χ2n) is 12.9. The number of ether oxygens (including phenoxy) is 1. The molecule has 4 unspecified atom stereocenters. The summed E-state index contributed by atoms with van der Waals surface area (Å²) >= 11 is 7.84. The summed E-state index contributed by atoms with van der Waals surface area (Å²) in [4.78, 5) is 58.0. The van der Waals surface area contributed by atoms with Crippen molar-refractivity contribution in [3.63, 3.8) is 0 Å². The predicted octanol–water partition coefficient (Wildman–Crippen LogP) is 4.50. The zero-order valence-electron chi connectivity index (χ0n) is 26.7. The number of anilines is 1. The number of halogens is 1. The number of hydrogen-bond acceptors (Lipinski definition) is 8. The normalized spacial score (nSPS) is 23.3. The van der Waals surface area contributed by atoms with Gasteiger partial charge in [0.25, 0.3) is 0 Å². The molecular formula is C34H31ClN6O6S. The van der Waals surface area contributed by atoms with Crippen molar-refractivity contribution in [3.8, 4) is 22.1 Å². The number of amides is 2. The van der Waals surface area contributed by atoms with Crippen LogP contribution >= 0.6 is 22.9 Å². The van der Waals surface area contributed by atoms with Crippen LogP contribution in [0.2, 0.25) is 5.02 Å². The van der Waals surface area contributed by atoms with Crippen molar-refractivity contribution in [2.75, 3.05) is 12.0 Å². The molecule has 0 spiro atoms. The van der Waals surface area contributed by atoms with Gasteiger partial charge in [-0.2, -0.15) is 5.10 Å². The molecular weight excluding hydrogens is 656 g/mol. The minimum absolute atomic E-state index is 0.0716. The van der Waals surface area contributed by atoms with Gasteiger partial charge in [0.05, 0.1) is 35.9 Å². The van der Waals surface area contributed by atoms with Crippen LogP contribution in [0.5, 0.6) is 11.5 Å². The van der Waals surface area contributed by atoms with E-state index in [1.165, 1.54) is 34.5 Å². The highest BCUT2D eigenvalue weighted by molar-refractivity contribution is 7.22. The van der Waals surface area contributed by atoms with Gasteiger partial charge < -0.3 is 9.84 Å². The van der Waals surface area contributed by atoms with Crippen LogP contribution in [0.1, 0.15) is 36.4 Å². The molecule has 5 aromatic rings. The average Bonchev–Trinajstić information content (AvgIpc) is 3.72. The summed E-state index contributed by atoms with van der Waals surface area (Å²) in [5.41, 5.74) is 0.784. The van der Waals surface area contributed by atoms with Gasteiger partial charge in [-0.1, -0.05) is 23.7 Å². The first-order valence-corrected chi connectivity index (χ1v) is 16.6. The molecule has 0 radical (unpaired) electrons. The van der Waals surface area contributed by atoms with Gasteiger partial charge in [-0.05, 0) is 72.7 Å². The van der Waals surface area contributed by atoms with Crippen molar-refractivity contribution in [1.29, 1.82) is 0 Å². The van der Waals surface area contributed by atoms with Gasteiger partial charge in [0, 0.05) is 35.8 Å². The Labute approximate surface area is 282 Å². The minimum Gasteiger partial charge on any atom is -0.504 e. The Morgan fingerprint density at radius 1 is 1.06 bits per heavy atom. The molecule has 8 rings (SSSR count). The van der Waals surface area contributed by atoms with Crippen molar-refractivity contribution in [3.05, 3.63) is 91.2 Å². The Kier molecular flexibility index (Phi) is 6.54. The summed E-state index contributed by atoms with van der Waals surface area (Å²) in [6.45, 7) is 3.92. The first kappa shape index (κ1) is 30.5. The number of rotatable bonds is 4. The third kappa shape index (κ3) is 3.91. The van der Waals surface area contributed by atoms with Crippen LogP contribution in [0.15, 0.2) is 63.7 Å². The molecule has 1 N–H and O–H groups in total. The summed E-state index contributed by atoms with van der Waals surface area (Å²) in [5.74, 6) is -1.87. The lowest BCUT2D eigenvalue weighted by atomic mass is 9.56. The number of fused-ring (bicyclic) bond motifs is 5.